The van der Waals surface area contributed by atoms with Crippen molar-refractivity contribution in [1.29, 1.82) is 0 Å². The highest BCUT2D eigenvalue weighted by molar-refractivity contribution is 5.76. The van der Waals surface area contributed by atoms with Crippen LogP contribution < -0.4 is 5.32 Å². The van der Waals surface area contributed by atoms with Gasteiger partial charge in [0.1, 0.15) is 6.04 Å². The molecule has 2 rings (SSSR count). The molecule has 1 fully saturated rings. The average molecular weight is 315 g/mol. The van der Waals surface area contributed by atoms with Crippen LogP contribution in [0.2, 0.25) is 0 Å². The summed E-state index contributed by atoms with van der Waals surface area (Å²) in [5.41, 5.74) is 0.829. The summed E-state index contributed by atoms with van der Waals surface area (Å²) < 4.78 is 38.3. The number of rotatable bonds is 4. The van der Waals surface area contributed by atoms with Gasteiger partial charge < -0.3 is 5.32 Å². The number of carbonyl (C=O) groups is 1. The Morgan fingerprint density at radius 1 is 1.41 bits per heavy atom. The normalized spacial score (nSPS) is 23.3. The van der Waals surface area contributed by atoms with Gasteiger partial charge in [0.2, 0.25) is 5.91 Å². The second-order valence-electron chi connectivity index (χ2n) is 5.66. The third-order valence-corrected chi connectivity index (χ3v) is 3.91. The van der Waals surface area contributed by atoms with Gasteiger partial charge in [0, 0.05) is 30.9 Å². The molecule has 0 aliphatic carbocycles. The fourth-order valence-electron chi connectivity index (χ4n) is 2.76. The predicted octanol–water partition coefficient (Wildman–Crippen LogP) is 2.16. The first-order chi connectivity index (χ1) is 10.4. The van der Waals surface area contributed by atoms with E-state index in [9.17, 15) is 18.0 Å². The number of piperidine rings is 1. The van der Waals surface area contributed by atoms with Gasteiger partial charge in [0.25, 0.3) is 0 Å². The molecule has 1 aliphatic heterocycles. The van der Waals surface area contributed by atoms with E-state index in [2.05, 4.69) is 10.3 Å². The second kappa shape index (κ2) is 7.09. The number of alkyl halides is 3. The fraction of sp³-hybridized carbons (Fsp3) is 0.600. The van der Waals surface area contributed by atoms with Gasteiger partial charge in [-0.15, -0.1) is 0 Å². The van der Waals surface area contributed by atoms with E-state index >= 15 is 0 Å². The van der Waals surface area contributed by atoms with E-state index in [1.165, 1.54) is 11.9 Å². The zero-order valence-corrected chi connectivity index (χ0v) is 12.4. The summed E-state index contributed by atoms with van der Waals surface area (Å²) in [4.78, 5) is 17.3. The van der Waals surface area contributed by atoms with Crippen LogP contribution in [0.15, 0.2) is 24.4 Å². The molecule has 1 amide bonds. The van der Waals surface area contributed by atoms with E-state index in [1.807, 2.05) is 12.1 Å². The molecule has 122 valence electrons. The lowest BCUT2D eigenvalue weighted by molar-refractivity contribution is -0.188. The summed E-state index contributed by atoms with van der Waals surface area (Å²) in [5, 5.41) is 2.82. The van der Waals surface area contributed by atoms with Crippen LogP contribution in [0.1, 0.15) is 25.0 Å². The Morgan fingerprint density at radius 3 is 2.77 bits per heavy atom. The molecule has 1 aromatic rings. The van der Waals surface area contributed by atoms with Crippen LogP contribution in [0, 0.1) is 0 Å². The molecule has 0 bridgehead atoms. The fourth-order valence-corrected chi connectivity index (χ4v) is 2.76. The molecule has 4 nitrogen and oxygen atoms in total. The lowest BCUT2D eigenvalue weighted by atomic mass is 9.98. The number of hydrogen-bond donors (Lipinski definition) is 1. The Labute approximate surface area is 127 Å². The maximum Gasteiger partial charge on any atom is 0.404 e. The number of nitrogens with zero attached hydrogens (tertiary/aromatic N) is 2. The average Bonchev–Trinajstić information content (AvgIpc) is 2.45. The van der Waals surface area contributed by atoms with E-state index in [1.54, 1.807) is 12.3 Å². The number of aryl methyl sites for hydroxylation is 1. The first kappa shape index (κ1) is 16.7. The van der Waals surface area contributed by atoms with E-state index in [0.717, 1.165) is 5.69 Å². The number of halogens is 3. The van der Waals surface area contributed by atoms with Crippen LogP contribution >= 0.6 is 0 Å². The minimum Gasteiger partial charge on any atom is -0.352 e. The van der Waals surface area contributed by atoms with Gasteiger partial charge in [-0.05, 0) is 38.4 Å². The van der Waals surface area contributed by atoms with Gasteiger partial charge in [-0.3, -0.25) is 14.7 Å². The Morgan fingerprint density at radius 2 is 2.18 bits per heavy atom. The number of aromatic nitrogens is 1. The Hall–Kier alpha value is -1.63. The van der Waals surface area contributed by atoms with Crippen molar-refractivity contribution < 1.29 is 18.0 Å². The minimum absolute atomic E-state index is 0.0190. The number of amides is 1. The quantitative estimate of drug-likeness (QED) is 0.926. The highest BCUT2D eigenvalue weighted by Gasteiger charge is 2.44. The number of likely N-dealkylation sites (N-methyl/N-ethyl adjacent to an activating group) is 1. The van der Waals surface area contributed by atoms with Gasteiger partial charge in [-0.25, -0.2) is 0 Å². The smallest absolute Gasteiger partial charge is 0.352 e. The van der Waals surface area contributed by atoms with E-state index in [-0.39, 0.29) is 24.9 Å². The van der Waals surface area contributed by atoms with Crippen molar-refractivity contribution in [2.45, 2.75) is 43.9 Å². The molecule has 7 heteroatoms. The van der Waals surface area contributed by atoms with Gasteiger partial charge in [0.05, 0.1) is 0 Å². The largest absolute Gasteiger partial charge is 0.404 e. The summed E-state index contributed by atoms with van der Waals surface area (Å²) in [5.74, 6) is -0.144. The first-order valence-corrected chi connectivity index (χ1v) is 7.32. The molecular formula is C15H20F3N3O. The minimum atomic E-state index is -4.21. The Balaban J connectivity index is 1.76. The lowest BCUT2D eigenvalue weighted by Gasteiger charge is -2.38. The van der Waals surface area contributed by atoms with Crippen LogP contribution in [-0.4, -0.2) is 47.6 Å². The SMILES string of the molecule is CN1C[C@@H](NC(=O)CCc2ccccn2)CC[C@H]1C(F)(F)F. The number of likely N-dealkylation sites (tertiary alicyclic amines) is 1. The van der Waals surface area contributed by atoms with Gasteiger partial charge in [0.15, 0.2) is 0 Å². The monoisotopic (exact) mass is 315 g/mol. The summed E-state index contributed by atoms with van der Waals surface area (Å²) >= 11 is 0. The van der Waals surface area contributed by atoms with Gasteiger partial charge in [-0.2, -0.15) is 13.2 Å². The van der Waals surface area contributed by atoms with Crippen LogP contribution in [-0.2, 0) is 11.2 Å². The standard InChI is InChI=1S/C15H20F3N3O/c1-21-10-12(5-7-13(21)15(16,17)18)20-14(22)8-6-11-4-2-3-9-19-11/h2-4,9,12-13H,5-8,10H2,1H3,(H,20,22)/t12-,13-/m0/s1. The maximum absolute atomic E-state index is 12.8. The molecule has 0 aromatic carbocycles. The highest BCUT2D eigenvalue weighted by atomic mass is 19.4. The highest BCUT2D eigenvalue weighted by Crippen LogP contribution is 2.30. The van der Waals surface area contributed by atoms with Crippen molar-refractivity contribution in [3.05, 3.63) is 30.1 Å². The number of hydrogen-bond acceptors (Lipinski definition) is 3. The zero-order valence-electron chi connectivity index (χ0n) is 12.4. The van der Waals surface area contributed by atoms with Gasteiger partial charge >= 0.3 is 6.18 Å². The van der Waals surface area contributed by atoms with Crippen LogP contribution in [0.5, 0.6) is 0 Å². The summed E-state index contributed by atoms with van der Waals surface area (Å²) in [6.07, 6.45) is -1.35. The molecular weight excluding hydrogens is 295 g/mol. The molecule has 0 radical (unpaired) electrons. The first-order valence-electron chi connectivity index (χ1n) is 7.32. The van der Waals surface area contributed by atoms with Crippen LogP contribution in [0.25, 0.3) is 0 Å². The molecule has 1 aliphatic rings. The molecule has 2 heterocycles. The molecule has 0 saturated carbocycles. The topological polar surface area (TPSA) is 45.2 Å². The van der Waals surface area contributed by atoms with Crippen LogP contribution in [0.3, 0.4) is 0 Å². The second-order valence-corrected chi connectivity index (χ2v) is 5.66. The third kappa shape index (κ3) is 4.69. The lowest BCUT2D eigenvalue weighted by Crippen LogP contribution is -2.54. The molecule has 1 saturated heterocycles. The Kier molecular flexibility index (Phi) is 5.39. The van der Waals surface area contributed by atoms with E-state index in [4.69, 9.17) is 0 Å². The molecule has 0 spiro atoms. The van der Waals surface area contributed by atoms with Gasteiger partial charge in [-0.1, -0.05) is 6.07 Å². The maximum atomic E-state index is 12.8. The zero-order chi connectivity index (χ0) is 16.2. The number of pyridine rings is 1. The third-order valence-electron chi connectivity index (χ3n) is 3.91. The molecule has 22 heavy (non-hydrogen) atoms. The summed E-state index contributed by atoms with van der Waals surface area (Å²) in [6.45, 7) is 0.222. The van der Waals surface area contributed by atoms with Crippen molar-refractivity contribution in [3.63, 3.8) is 0 Å². The van der Waals surface area contributed by atoms with Crippen molar-refractivity contribution >= 4 is 5.91 Å². The summed E-state index contributed by atoms with van der Waals surface area (Å²) in [7, 11) is 1.45. The van der Waals surface area contributed by atoms with Crippen molar-refractivity contribution in [3.8, 4) is 0 Å². The molecule has 1 N–H and O–H groups in total. The molecule has 0 unspecified atom stereocenters. The number of nitrogens with one attached hydrogen (secondary N) is 1. The van der Waals surface area contributed by atoms with Crippen LogP contribution in [0.4, 0.5) is 13.2 Å². The molecule has 2 atom stereocenters. The Bertz CT molecular complexity index is 493. The number of carbonyl (C=O) groups excluding carboxylic acids is 1. The van der Waals surface area contributed by atoms with Crippen molar-refractivity contribution in [2.24, 2.45) is 0 Å². The van der Waals surface area contributed by atoms with Crippen molar-refractivity contribution in [1.82, 2.24) is 15.2 Å². The van der Waals surface area contributed by atoms with E-state index in [0.29, 0.717) is 19.3 Å². The molecule has 1 aromatic heterocycles. The van der Waals surface area contributed by atoms with Crippen molar-refractivity contribution in [2.75, 3.05) is 13.6 Å². The van der Waals surface area contributed by atoms with E-state index < -0.39 is 12.2 Å². The summed E-state index contributed by atoms with van der Waals surface area (Å²) in [6, 6.07) is 3.87. The predicted molar refractivity (Wildman–Crippen MR) is 76.2 cm³/mol.